The second-order valence-electron chi connectivity index (χ2n) is 5.89. The minimum Gasteiger partial charge on any atom is -0.395 e. The van der Waals surface area contributed by atoms with Crippen LogP contribution in [-0.2, 0) is 9.84 Å². The summed E-state index contributed by atoms with van der Waals surface area (Å²) in [6, 6.07) is 9.14. The van der Waals surface area contributed by atoms with Crippen LogP contribution in [0.2, 0.25) is 0 Å². The number of rotatable bonds is 6. The molecule has 0 unspecified atom stereocenters. The number of pyridine rings is 1. The van der Waals surface area contributed by atoms with Crippen LogP contribution >= 0.6 is 0 Å². The maximum atomic E-state index is 11.9. The van der Waals surface area contributed by atoms with Gasteiger partial charge in [-0.15, -0.1) is 0 Å². The summed E-state index contributed by atoms with van der Waals surface area (Å²) in [7, 11) is -3.42. The molecule has 0 fully saturated rings. The Balaban J connectivity index is 2.29. The van der Waals surface area contributed by atoms with Gasteiger partial charge in [-0.3, -0.25) is 4.79 Å². The number of nitrogens with zero attached hydrogens (tertiary/aromatic N) is 3. The average molecular weight is 390 g/mol. The van der Waals surface area contributed by atoms with E-state index in [9.17, 15) is 18.3 Å². The number of aliphatic hydroxyl groups excluding tert-OH is 2. The van der Waals surface area contributed by atoms with E-state index >= 15 is 0 Å². The number of aromatic amines is 1. The molecule has 1 aromatic carbocycles. The Kier molecular flexibility index (Phi) is 5.22. The molecular formula is C17H18N4O5S. The number of fused-ring (bicyclic) bond motifs is 1. The number of sulfone groups is 1. The molecule has 142 valence electrons. The zero-order valence-electron chi connectivity index (χ0n) is 14.5. The molecule has 10 heteroatoms. The van der Waals surface area contributed by atoms with Gasteiger partial charge in [-0.25, -0.2) is 13.4 Å². The van der Waals surface area contributed by atoms with Crippen LogP contribution in [0.4, 0.5) is 5.95 Å². The first-order valence-corrected chi connectivity index (χ1v) is 9.91. The van der Waals surface area contributed by atoms with Gasteiger partial charge in [0.15, 0.2) is 9.84 Å². The van der Waals surface area contributed by atoms with E-state index in [1.807, 2.05) is 0 Å². The highest BCUT2D eigenvalue weighted by atomic mass is 32.2. The Hall–Kier alpha value is -2.82. The predicted molar refractivity (Wildman–Crippen MR) is 100 cm³/mol. The van der Waals surface area contributed by atoms with Crippen molar-refractivity contribution in [2.24, 2.45) is 0 Å². The van der Waals surface area contributed by atoms with E-state index in [0.717, 1.165) is 6.26 Å². The fourth-order valence-corrected chi connectivity index (χ4v) is 3.29. The average Bonchev–Trinajstić information content (AvgIpc) is 2.64. The van der Waals surface area contributed by atoms with E-state index in [2.05, 4.69) is 15.0 Å². The molecule has 27 heavy (non-hydrogen) atoms. The van der Waals surface area contributed by atoms with Crippen LogP contribution in [0, 0.1) is 0 Å². The third kappa shape index (κ3) is 3.97. The molecule has 0 bridgehead atoms. The fraction of sp³-hybridized carbons (Fsp3) is 0.235. The van der Waals surface area contributed by atoms with Gasteiger partial charge in [-0.05, 0) is 18.2 Å². The summed E-state index contributed by atoms with van der Waals surface area (Å²) in [4.78, 5) is 24.5. The van der Waals surface area contributed by atoms with Gasteiger partial charge in [0.2, 0.25) is 11.5 Å². The molecule has 0 aliphatic rings. The van der Waals surface area contributed by atoms with Crippen LogP contribution in [-0.4, -0.2) is 59.7 Å². The van der Waals surface area contributed by atoms with E-state index in [-0.39, 0.29) is 35.2 Å². The second-order valence-corrected chi connectivity index (χ2v) is 7.90. The van der Waals surface area contributed by atoms with Gasteiger partial charge >= 0.3 is 0 Å². The van der Waals surface area contributed by atoms with Crippen LogP contribution in [0.5, 0.6) is 0 Å². The maximum Gasteiger partial charge on any atom is 0.249 e. The Morgan fingerprint density at radius 2 is 1.93 bits per heavy atom. The van der Waals surface area contributed by atoms with E-state index in [1.165, 1.54) is 23.1 Å². The first kappa shape index (κ1) is 19.0. The lowest BCUT2D eigenvalue weighted by Gasteiger charge is -2.20. The van der Waals surface area contributed by atoms with Crippen molar-refractivity contribution in [2.75, 3.05) is 31.0 Å². The quantitative estimate of drug-likeness (QED) is 0.506. The van der Waals surface area contributed by atoms with Crippen molar-refractivity contribution in [1.82, 2.24) is 15.0 Å². The third-order valence-corrected chi connectivity index (χ3v) is 5.05. The lowest BCUT2D eigenvalue weighted by atomic mass is 10.1. The van der Waals surface area contributed by atoms with Crippen molar-refractivity contribution in [3.8, 4) is 11.3 Å². The first-order valence-electron chi connectivity index (χ1n) is 8.01. The summed E-state index contributed by atoms with van der Waals surface area (Å²) in [5, 5.41) is 19.2. The number of benzene rings is 1. The second kappa shape index (κ2) is 7.43. The van der Waals surface area contributed by atoms with Gasteiger partial charge in [-0.2, -0.15) is 4.98 Å². The Bertz CT molecular complexity index is 1140. The number of hydrogen-bond donors (Lipinski definition) is 3. The number of anilines is 1. The van der Waals surface area contributed by atoms with E-state index < -0.39 is 16.6 Å². The summed E-state index contributed by atoms with van der Waals surface area (Å²) in [6.07, 6.45) is 1.11. The normalized spacial score (nSPS) is 11.7. The van der Waals surface area contributed by atoms with Crippen molar-refractivity contribution >= 4 is 26.8 Å². The molecule has 2 heterocycles. The Morgan fingerprint density at radius 3 is 2.59 bits per heavy atom. The van der Waals surface area contributed by atoms with Crippen molar-refractivity contribution in [3.05, 3.63) is 46.8 Å². The maximum absolute atomic E-state index is 11.9. The van der Waals surface area contributed by atoms with Crippen LogP contribution in [0.25, 0.3) is 22.3 Å². The number of H-pyrrole nitrogens is 1. The number of aliphatic hydroxyl groups is 2. The zero-order valence-corrected chi connectivity index (χ0v) is 15.3. The van der Waals surface area contributed by atoms with E-state index in [0.29, 0.717) is 16.6 Å². The van der Waals surface area contributed by atoms with Gasteiger partial charge in [0.05, 0.1) is 17.2 Å². The van der Waals surface area contributed by atoms with E-state index in [4.69, 9.17) is 5.11 Å². The Labute approximate surface area is 154 Å². The molecule has 0 spiro atoms. The van der Waals surface area contributed by atoms with Crippen molar-refractivity contribution in [2.45, 2.75) is 4.90 Å². The number of hydrogen-bond acceptors (Lipinski definition) is 8. The molecule has 3 aromatic rings. The van der Waals surface area contributed by atoms with Crippen LogP contribution in [0.3, 0.4) is 0 Å². The van der Waals surface area contributed by atoms with Crippen LogP contribution in [0.1, 0.15) is 0 Å². The monoisotopic (exact) mass is 390 g/mol. The fourth-order valence-electron chi connectivity index (χ4n) is 2.62. The van der Waals surface area contributed by atoms with E-state index in [1.54, 1.807) is 18.2 Å². The molecule has 3 N–H and O–H groups in total. The van der Waals surface area contributed by atoms with Gasteiger partial charge < -0.3 is 20.1 Å². The highest BCUT2D eigenvalue weighted by Gasteiger charge is 2.16. The van der Waals surface area contributed by atoms with Gasteiger partial charge in [0.25, 0.3) is 0 Å². The molecule has 0 atom stereocenters. The minimum atomic E-state index is -3.42. The summed E-state index contributed by atoms with van der Waals surface area (Å²) in [6.45, 7) is -0.583. The lowest BCUT2D eigenvalue weighted by Crippen LogP contribution is -2.29. The van der Waals surface area contributed by atoms with Gasteiger partial charge in [0, 0.05) is 29.8 Å². The molecule has 0 amide bonds. The van der Waals surface area contributed by atoms with Crippen molar-refractivity contribution in [3.63, 3.8) is 0 Å². The minimum absolute atomic E-state index is 0.0852. The van der Waals surface area contributed by atoms with Gasteiger partial charge in [0.1, 0.15) is 12.4 Å². The largest absolute Gasteiger partial charge is 0.395 e. The van der Waals surface area contributed by atoms with Crippen molar-refractivity contribution < 1.29 is 18.6 Å². The van der Waals surface area contributed by atoms with Crippen LogP contribution in [0.15, 0.2) is 46.1 Å². The molecule has 0 aliphatic heterocycles. The van der Waals surface area contributed by atoms with Gasteiger partial charge in [-0.1, -0.05) is 12.1 Å². The topological polar surface area (TPSA) is 136 Å². The Morgan fingerprint density at radius 1 is 1.15 bits per heavy atom. The molecule has 0 saturated heterocycles. The van der Waals surface area contributed by atoms with Crippen LogP contribution < -0.4 is 10.5 Å². The molecule has 2 aromatic heterocycles. The zero-order chi connectivity index (χ0) is 19.6. The molecule has 9 nitrogen and oxygen atoms in total. The third-order valence-electron chi connectivity index (χ3n) is 3.94. The summed E-state index contributed by atoms with van der Waals surface area (Å²) in [5.74, 6) is 0.0978. The molecule has 0 aliphatic carbocycles. The standard InChI is InChI=1S/C17H18N4O5S/c1-27(25,26)12-4-2-3-11(9-12)15-13-5-6-14(24)18-16(13)20-17(19-15)21(10-23)7-8-22/h2-6,9,22-23H,7-8,10H2,1H3,(H,18,19,20,24). The number of aromatic nitrogens is 3. The lowest BCUT2D eigenvalue weighted by molar-refractivity contribution is 0.256. The smallest absolute Gasteiger partial charge is 0.249 e. The highest BCUT2D eigenvalue weighted by Crippen LogP contribution is 2.28. The summed E-state index contributed by atoms with van der Waals surface area (Å²) in [5.41, 5.74) is 0.790. The van der Waals surface area contributed by atoms with Crippen molar-refractivity contribution in [1.29, 1.82) is 0 Å². The molecule has 0 radical (unpaired) electrons. The summed E-state index contributed by atoms with van der Waals surface area (Å²) >= 11 is 0. The molecular weight excluding hydrogens is 372 g/mol. The SMILES string of the molecule is CS(=O)(=O)c1cccc(-c2nc(N(CO)CCO)nc3[nH]c(=O)ccc23)c1. The highest BCUT2D eigenvalue weighted by molar-refractivity contribution is 7.90. The molecule has 0 saturated carbocycles. The first-order chi connectivity index (χ1) is 12.8. The number of nitrogens with one attached hydrogen (secondary N) is 1. The molecule has 3 rings (SSSR count). The summed E-state index contributed by atoms with van der Waals surface area (Å²) < 4.78 is 23.8. The predicted octanol–water partition coefficient (Wildman–Crippen LogP) is 0.137.